The van der Waals surface area contributed by atoms with Crippen molar-refractivity contribution in [3.63, 3.8) is 0 Å². The topological polar surface area (TPSA) is 88.0 Å². The van der Waals surface area contributed by atoms with Gasteiger partial charge in [-0.1, -0.05) is 6.92 Å². The minimum atomic E-state index is -0.0919. The maximum absolute atomic E-state index is 12.2. The molecule has 1 aromatic rings. The monoisotopic (exact) mass is 249 g/mol. The third kappa shape index (κ3) is 2.52. The number of anilines is 1. The Hall–Kier alpha value is -1.85. The maximum atomic E-state index is 12.2. The zero-order valence-corrected chi connectivity index (χ0v) is 10.8. The van der Waals surface area contributed by atoms with E-state index in [1.54, 1.807) is 28.9 Å². The van der Waals surface area contributed by atoms with Crippen molar-refractivity contribution in [1.29, 1.82) is 5.41 Å². The number of hydrogen-bond acceptors (Lipinski definition) is 4. The van der Waals surface area contributed by atoms with Crippen LogP contribution in [0.25, 0.3) is 0 Å². The second-order valence-corrected chi connectivity index (χ2v) is 4.93. The zero-order valence-electron chi connectivity index (χ0n) is 10.8. The minimum absolute atomic E-state index is 0.0572. The highest BCUT2D eigenvalue weighted by molar-refractivity contribution is 5.79. The van der Waals surface area contributed by atoms with Crippen LogP contribution in [0.3, 0.4) is 0 Å². The molecule has 2 rings (SSSR count). The SMILES string of the molecule is CC(CN(C)c1nccn(C2CC2)c1=O)C(=N)N. The van der Waals surface area contributed by atoms with Gasteiger partial charge in [-0.25, -0.2) is 4.98 Å². The Morgan fingerprint density at radius 2 is 2.39 bits per heavy atom. The quantitative estimate of drug-likeness (QED) is 0.590. The molecule has 1 saturated carbocycles. The highest BCUT2D eigenvalue weighted by Gasteiger charge is 2.26. The van der Waals surface area contributed by atoms with E-state index < -0.39 is 0 Å². The molecule has 1 aliphatic carbocycles. The summed E-state index contributed by atoms with van der Waals surface area (Å²) in [5.41, 5.74) is 5.38. The van der Waals surface area contributed by atoms with Gasteiger partial charge in [-0.15, -0.1) is 0 Å². The lowest BCUT2D eigenvalue weighted by Crippen LogP contribution is -2.36. The highest BCUT2D eigenvalue weighted by atomic mass is 16.1. The zero-order chi connectivity index (χ0) is 13.3. The van der Waals surface area contributed by atoms with Gasteiger partial charge in [0.1, 0.15) is 0 Å². The van der Waals surface area contributed by atoms with Crippen LogP contribution in [0.2, 0.25) is 0 Å². The molecular weight excluding hydrogens is 230 g/mol. The third-order valence-corrected chi connectivity index (χ3v) is 3.23. The second kappa shape index (κ2) is 4.80. The number of nitrogens with two attached hydrogens (primary N) is 1. The first-order valence-electron chi connectivity index (χ1n) is 6.13. The van der Waals surface area contributed by atoms with Gasteiger partial charge >= 0.3 is 0 Å². The summed E-state index contributed by atoms with van der Waals surface area (Å²) in [5, 5.41) is 7.38. The van der Waals surface area contributed by atoms with E-state index in [1.165, 1.54) is 0 Å². The largest absolute Gasteiger partial charge is 0.387 e. The summed E-state index contributed by atoms with van der Waals surface area (Å²) in [5.74, 6) is 0.462. The van der Waals surface area contributed by atoms with Gasteiger partial charge in [0.25, 0.3) is 5.56 Å². The molecule has 0 amide bonds. The summed E-state index contributed by atoms with van der Waals surface area (Å²) in [4.78, 5) is 18.1. The molecule has 1 fully saturated rings. The van der Waals surface area contributed by atoms with E-state index in [2.05, 4.69) is 4.98 Å². The predicted molar refractivity (Wildman–Crippen MR) is 71.1 cm³/mol. The van der Waals surface area contributed by atoms with Crippen LogP contribution in [0.5, 0.6) is 0 Å². The fourth-order valence-corrected chi connectivity index (χ4v) is 1.91. The van der Waals surface area contributed by atoms with Crippen LogP contribution in [-0.2, 0) is 0 Å². The van der Waals surface area contributed by atoms with Crippen LogP contribution in [0, 0.1) is 11.3 Å². The molecule has 0 bridgehead atoms. The summed E-state index contributed by atoms with van der Waals surface area (Å²) >= 11 is 0. The normalized spacial score (nSPS) is 16.3. The van der Waals surface area contributed by atoms with Crippen molar-refractivity contribution >= 4 is 11.7 Å². The average molecular weight is 249 g/mol. The van der Waals surface area contributed by atoms with Crippen LogP contribution in [0.1, 0.15) is 25.8 Å². The second-order valence-electron chi connectivity index (χ2n) is 4.93. The van der Waals surface area contributed by atoms with Crippen LogP contribution in [-0.4, -0.2) is 29.0 Å². The van der Waals surface area contributed by atoms with Crippen molar-refractivity contribution in [1.82, 2.24) is 9.55 Å². The Morgan fingerprint density at radius 1 is 1.72 bits per heavy atom. The molecule has 6 heteroatoms. The molecule has 0 aliphatic heterocycles. The van der Waals surface area contributed by atoms with Crippen LogP contribution in [0.4, 0.5) is 5.82 Å². The molecule has 0 radical (unpaired) electrons. The van der Waals surface area contributed by atoms with Gasteiger partial charge in [-0.2, -0.15) is 0 Å². The van der Waals surface area contributed by atoms with Crippen molar-refractivity contribution in [3.05, 3.63) is 22.7 Å². The van der Waals surface area contributed by atoms with Crippen molar-refractivity contribution in [3.8, 4) is 0 Å². The third-order valence-electron chi connectivity index (χ3n) is 3.23. The molecule has 0 aromatic carbocycles. The maximum Gasteiger partial charge on any atom is 0.293 e. The van der Waals surface area contributed by atoms with E-state index in [0.717, 1.165) is 12.8 Å². The van der Waals surface area contributed by atoms with Crippen molar-refractivity contribution < 1.29 is 0 Å². The van der Waals surface area contributed by atoms with Gasteiger partial charge in [0.15, 0.2) is 5.82 Å². The van der Waals surface area contributed by atoms with Gasteiger partial charge in [-0.3, -0.25) is 10.2 Å². The summed E-state index contributed by atoms with van der Waals surface area (Å²) < 4.78 is 1.75. The van der Waals surface area contributed by atoms with Gasteiger partial charge < -0.3 is 15.2 Å². The first kappa shape index (κ1) is 12.6. The molecular formula is C12H19N5O. The number of nitrogens with one attached hydrogen (secondary N) is 1. The van der Waals surface area contributed by atoms with E-state index >= 15 is 0 Å². The van der Waals surface area contributed by atoms with E-state index in [1.807, 2.05) is 6.92 Å². The molecule has 1 aliphatic rings. The molecule has 98 valence electrons. The molecule has 1 atom stereocenters. The van der Waals surface area contributed by atoms with E-state index in [4.69, 9.17) is 11.1 Å². The number of nitrogens with zero attached hydrogens (tertiary/aromatic N) is 3. The Labute approximate surface area is 106 Å². The Balaban J connectivity index is 2.20. The van der Waals surface area contributed by atoms with E-state index in [0.29, 0.717) is 18.4 Å². The van der Waals surface area contributed by atoms with Crippen LogP contribution in [0.15, 0.2) is 17.2 Å². The summed E-state index contributed by atoms with van der Waals surface area (Å²) in [6, 6.07) is 0.345. The molecule has 1 heterocycles. The van der Waals surface area contributed by atoms with Gasteiger partial charge in [0, 0.05) is 37.9 Å². The van der Waals surface area contributed by atoms with Gasteiger partial charge in [-0.05, 0) is 12.8 Å². The lowest BCUT2D eigenvalue weighted by Gasteiger charge is -2.21. The molecule has 6 nitrogen and oxygen atoms in total. The molecule has 1 aromatic heterocycles. The van der Waals surface area contributed by atoms with E-state index in [-0.39, 0.29) is 17.3 Å². The predicted octanol–water partition coefficient (Wildman–Crippen LogP) is 0.586. The van der Waals surface area contributed by atoms with Crippen molar-refractivity contribution in [2.24, 2.45) is 11.7 Å². The van der Waals surface area contributed by atoms with Gasteiger partial charge in [0.05, 0.1) is 5.84 Å². The molecule has 0 saturated heterocycles. The minimum Gasteiger partial charge on any atom is -0.387 e. The van der Waals surface area contributed by atoms with Crippen molar-refractivity contribution in [2.75, 3.05) is 18.5 Å². The lowest BCUT2D eigenvalue weighted by molar-refractivity contribution is 0.674. The smallest absolute Gasteiger partial charge is 0.293 e. The first-order chi connectivity index (χ1) is 8.50. The summed E-state index contributed by atoms with van der Waals surface area (Å²) in [7, 11) is 1.81. The Kier molecular flexibility index (Phi) is 3.36. The fraction of sp³-hybridized carbons (Fsp3) is 0.583. The molecule has 1 unspecified atom stereocenters. The number of aromatic nitrogens is 2. The summed E-state index contributed by atoms with van der Waals surface area (Å²) in [6.07, 6.45) is 5.53. The molecule has 3 N–H and O–H groups in total. The highest BCUT2D eigenvalue weighted by Crippen LogP contribution is 2.33. The number of amidine groups is 1. The average Bonchev–Trinajstić information content (AvgIpc) is 3.12. The molecule has 0 spiro atoms. The number of rotatable bonds is 5. The van der Waals surface area contributed by atoms with Crippen LogP contribution >= 0.6 is 0 Å². The Morgan fingerprint density at radius 3 is 2.94 bits per heavy atom. The summed E-state index contributed by atoms with van der Waals surface area (Å²) in [6.45, 7) is 2.38. The van der Waals surface area contributed by atoms with Crippen LogP contribution < -0.4 is 16.2 Å². The first-order valence-corrected chi connectivity index (χ1v) is 6.13. The standard InChI is InChI=1S/C12H19N5O/c1-8(10(13)14)7-16(2)11-12(18)17(6-5-15-11)9-3-4-9/h5-6,8-9H,3-4,7H2,1-2H3,(H3,13,14). The fourth-order valence-electron chi connectivity index (χ4n) is 1.91. The molecule has 18 heavy (non-hydrogen) atoms. The van der Waals surface area contributed by atoms with Crippen molar-refractivity contribution in [2.45, 2.75) is 25.8 Å². The lowest BCUT2D eigenvalue weighted by atomic mass is 10.1. The van der Waals surface area contributed by atoms with E-state index in [9.17, 15) is 4.79 Å². The van der Waals surface area contributed by atoms with Gasteiger partial charge in [0.2, 0.25) is 0 Å². The Bertz CT molecular complexity index is 505. The number of hydrogen-bond donors (Lipinski definition) is 2.